The highest BCUT2D eigenvalue weighted by atomic mass is 16.6. The molecular weight excluding hydrogens is 186 g/mol. The molecule has 0 aliphatic carbocycles. The summed E-state index contributed by atoms with van der Waals surface area (Å²) in [6.45, 7) is -0.117. The van der Waals surface area contributed by atoms with Crippen molar-refractivity contribution in [3.8, 4) is 5.75 Å². The van der Waals surface area contributed by atoms with Gasteiger partial charge in [-0.2, -0.15) is 0 Å². The molecule has 1 N–H and O–H groups in total. The van der Waals surface area contributed by atoms with Crippen LogP contribution >= 0.6 is 0 Å². The van der Waals surface area contributed by atoms with Gasteiger partial charge in [-0.15, -0.1) is 0 Å². The number of nitro groups is 1. The van der Waals surface area contributed by atoms with Crippen molar-refractivity contribution >= 4 is 5.69 Å². The zero-order valence-corrected chi connectivity index (χ0v) is 7.77. The van der Waals surface area contributed by atoms with Crippen molar-refractivity contribution in [1.29, 1.82) is 0 Å². The molecule has 0 aliphatic heterocycles. The number of ether oxygens (including phenoxy) is 1. The highest BCUT2D eigenvalue weighted by Crippen LogP contribution is 2.23. The molecule has 14 heavy (non-hydrogen) atoms. The van der Waals surface area contributed by atoms with Gasteiger partial charge >= 0.3 is 0 Å². The van der Waals surface area contributed by atoms with Crippen molar-refractivity contribution in [2.24, 2.45) is 0 Å². The molecule has 0 spiro atoms. The average molecular weight is 197 g/mol. The molecule has 0 radical (unpaired) electrons. The second kappa shape index (κ2) is 4.57. The lowest BCUT2D eigenvalue weighted by molar-refractivity contribution is -0.385. The van der Waals surface area contributed by atoms with E-state index in [1.807, 2.05) is 0 Å². The Morgan fingerprint density at radius 3 is 2.79 bits per heavy atom. The fourth-order valence-electron chi connectivity index (χ4n) is 1.19. The molecule has 0 atom stereocenters. The monoisotopic (exact) mass is 197 g/mol. The van der Waals surface area contributed by atoms with Crippen LogP contribution in [0.2, 0.25) is 0 Å². The minimum atomic E-state index is -0.468. The standard InChI is InChI=1S/C9H11NO4/c1-14-8-2-3-9(10(12)13)7(6-8)4-5-11/h2-3,6,11H,4-5H2,1H3. The molecule has 0 fully saturated rings. The first-order chi connectivity index (χ1) is 6.69. The van der Waals surface area contributed by atoms with Crippen LogP contribution in [0.25, 0.3) is 0 Å². The number of nitrogens with zero attached hydrogens (tertiary/aromatic N) is 1. The second-order valence-corrected chi connectivity index (χ2v) is 2.73. The smallest absolute Gasteiger partial charge is 0.272 e. The van der Waals surface area contributed by atoms with Crippen molar-refractivity contribution < 1.29 is 14.8 Å². The van der Waals surface area contributed by atoms with Crippen LogP contribution in [0.4, 0.5) is 5.69 Å². The molecule has 0 saturated carbocycles. The first-order valence-electron chi connectivity index (χ1n) is 4.11. The molecule has 0 bridgehead atoms. The highest BCUT2D eigenvalue weighted by Gasteiger charge is 2.13. The normalized spacial score (nSPS) is 9.86. The molecule has 0 amide bonds. The molecule has 5 nitrogen and oxygen atoms in total. The predicted molar refractivity (Wildman–Crippen MR) is 50.4 cm³/mol. The average Bonchev–Trinajstić information content (AvgIpc) is 2.17. The van der Waals surface area contributed by atoms with E-state index >= 15 is 0 Å². The Labute approximate surface area is 81.1 Å². The fraction of sp³-hybridized carbons (Fsp3) is 0.333. The molecule has 1 rings (SSSR count). The van der Waals surface area contributed by atoms with Crippen LogP contribution in [0.15, 0.2) is 18.2 Å². The van der Waals surface area contributed by atoms with E-state index in [-0.39, 0.29) is 18.7 Å². The van der Waals surface area contributed by atoms with Crippen LogP contribution in [0.1, 0.15) is 5.56 Å². The molecule has 0 unspecified atom stereocenters. The number of rotatable bonds is 4. The molecule has 5 heteroatoms. The SMILES string of the molecule is COc1ccc([N+](=O)[O-])c(CCO)c1. The summed E-state index contributed by atoms with van der Waals surface area (Å²) in [5.41, 5.74) is 0.497. The van der Waals surface area contributed by atoms with E-state index in [4.69, 9.17) is 9.84 Å². The van der Waals surface area contributed by atoms with Gasteiger partial charge in [0, 0.05) is 24.7 Å². The Bertz CT molecular complexity index is 338. The van der Waals surface area contributed by atoms with Crippen molar-refractivity contribution in [3.05, 3.63) is 33.9 Å². The molecule has 76 valence electrons. The summed E-state index contributed by atoms with van der Waals surface area (Å²) in [6, 6.07) is 4.47. The molecule has 0 aromatic heterocycles. The van der Waals surface area contributed by atoms with E-state index in [9.17, 15) is 10.1 Å². The summed E-state index contributed by atoms with van der Waals surface area (Å²) in [5.74, 6) is 0.555. The Hall–Kier alpha value is -1.62. The number of methoxy groups -OCH3 is 1. The Morgan fingerprint density at radius 2 is 2.29 bits per heavy atom. The van der Waals surface area contributed by atoms with Gasteiger partial charge in [-0.05, 0) is 12.1 Å². The van der Waals surface area contributed by atoms with Crippen LogP contribution in [-0.4, -0.2) is 23.7 Å². The van der Waals surface area contributed by atoms with Gasteiger partial charge in [0.2, 0.25) is 0 Å². The van der Waals surface area contributed by atoms with Gasteiger partial charge in [-0.3, -0.25) is 10.1 Å². The van der Waals surface area contributed by atoms with Gasteiger partial charge in [-0.1, -0.05) is 0 Å². The fourth-order valence-corrected chi connectivity index (χ4v) is 1.19. The maximum absolute atomic E-state index is 10.6. The number of hydrogen-bond acceptors (Lipinski definition) is 4. The van der Waals surface area contributed by atoms with E-state index < -0.39 is 4.92 Å². The van der Waals surface area contributed by atoms with Crippen LogP contribution < -0.4 is 4.74 Å². The third kappa shape index (κ3) is 2.20. The van der Waals surface area contributed by atoms with Crippen molar-refractivity contribution in [3.63, 3.8) is 0 Å². The minimum absolute atomic E-state index is 0.0138. The number of benzene rings is 1. The molecule has 0 heterocycles. The van der Waals surface area contributed by atoms with Gasteiger partial charge in [0.15, 0.2) is 0 Å². The topological polar surface area (TPSA) is 72.6 Å². The Balaban J connectivity index is 3.10. The Morgan fingerprint density at radius 1 is 1.57 bits per heavy atom. The molecular formula is C9H11NO4. The third-order valence-electron chi connectivity index (χ3n) is 1.86. The van der Waals surface area contributed by atoms with E-state index in [1.54, 1.807) is 6.07 Å². The minimum Gasteiger partial charge on any atom is -0.497 e. The summed E-state index contributed by atoms with van der Waals surface area (Å²) in [5, 5.41) is 19.3. The van der Waals surface area contributed by atoms with Crippen LogP contribution in [0, 0.1) is 10.1 Å². The lowest BCUT2D eigenvalue weighted by Crippen LogP contribution is -1.98. The third-order valence-corrected chi connectivity index (χ3v) is 1.86. The zero-order valence-electron chi connectivity index (χ0n) is 7.77. The van der Waals surface area contributed by atoms with Crippen molar-refractivity contribution in [1.82, 2.24) is 0 Å². The van der Waals surface area contributed by atoms with E-state index in [1.165, 1.54) is 19.2 Å². The lowest BCUT2D eigenvalue weighted by Gasteiger charge is -2.03. The molecule has 1 aromatic rings. The largest absolute Gasteiger partial charge is 0.497 e. The summed E-state index contributed by atoms with van der Waals surface area (Å²) in [4.78, 5) is 10.1. The van der Waals surface area contributed by atoms with Crippen LogP contribution in [0.3, 0.4) is 0 Å². The van der Waals surface area contributed by atoms with Crippen molar-refractivity contribution in [2.75, 3.05) is 13.7 Å². The van der Waals surface area contributed by atoms with Gasteiger partial charge in [0.05, 0.1) is 12.0 Å². The molecule has 0 saturated heterocycles. The van der Waals surface area contributed by atoms with Gasteiger partial charge in [-0.25, -0.2) is 0 Å². The molecule has 0 aliphatic rings. The number of nitro benzene ring substituents is 1. The summed E-state index contributed by atoms with van der Waals surface area (Å²) < 4.78 is 4.93. The van der Waals surface area contributed by atoms with Crippen LogP contribution in [-0.2, 0) is 6.42 Å². The Kier molecular flexibility index (Phi) is 3.41. The molecule has 1 aromatic carbocycles. The summed E-state index contributed by atoms with van der Waals surface area (Å²) >= 11 is 0. The number of hydrogen-bond donors (Lipinski definition) is 1. The van der Waals surface area contributed by atoms with Gasteiger partial charge < -0.3 is 9.84 Å². The zero-order chi connectivity index (χ0) is 10.6. The van der Waals surface area contributed by atoms with E-state index in [0.717, 1.165) is 0 Å². The quantitative estimate of drug-likeness (QED) is 0.580. The van der Waals surface area contributed by atoms with E-state index in [0.29, 0.717) is 11.3 Å². The lowest BCUT2D eigenvalue weighted by atomic mass is 10.1. The first-order valence-corrected chi connectivity index (χ1v) is 4.11. The second-order valence-electron chi connectivity index (χ2n) is 2.73. The van der Waals surface area contributed by atoms with E-state index in [2.05, 4.69) is 0 Å². The summed E-state index contributed by atoms with van der Waals surface area (Å²) in [6.07, 6.45) is 0.257. The summed E-state index contributed by atoms with van der Waals surface area (Å²) in [7, 11) is 1.49. The van der Waals surface area contributed by atoms with Crippen LogP contribution in [0.5, 0.6) is 5.75 Å². The predicted octanol–water partition coefficient (Wildman–Crippen LogP) is 1.14. The number of aliphatic hydroxyl groups is 1. The number of aliphatic hydroxyl groups excluding tert-OH is 1. The maximum atomic E-state index is 10.6. The van der Waals surface area contributed by atoms with Crippen molar-refractivity contribution in [2.45, 2.75) is 6.42 Å². The van der Waals surface area contributed by atoms with Gasteiger partial charge in [0.25, 0.3) is 5.69 Å². The first kappa shape index (κ1) is 10.5. The highest BCUT2D eigenvalue weighted by molar-refractivity contribution is 5.45. The van der Waals surface area contributed by atoms with Gasteiger partial charge in [0.1, 0.15) is 5.75 Å². The maximum Gasteiger partial charge on any atom is 0.272 e.